The summed E-state index contributed by atoms with van der Waals surface area (Å²) in [5, 5.41) is 17.1. The number of aliphatic hydroxyl groups excluding tert-OH is 1. The lowest BCUT2D eigenvalue weighted by atomic mass is 9.55. The van der Waals surface area contributed by atoms with E-state index in [0.29, 0.717) is 38.0 Å². The number of carbonyl (C=O) groups excluding carboxylic acids is 2. The van der Waals surface area contributed by atoms with Crippen molar-refractivity contribution < 1.29 is 23.8 Å². The molecule has 0 aromatic heterocycles. The molecule has 0 saturated heterocycles. The molecular weight excluding hydrogens is 449 g/mol. The first-order valence-electron chi connectivity index (χ1n) is 11.6. The number of aliphatic imine (C=N–C) groups is 1. The first-order chi connectivity index (χ1) is 15.7. The fourth-order valence-corrected chi connectivity index (χ4v) is 5.55. The lowest BCUT2D eigenvalue weighted by Gasteiger charge is -2.55. The van der Waals surface area contributed by atoms with Crippen LogP contribution < -0.4 is 15.4 Å². The van der Waals surface area contributed by atoms with Gasteiger partial charge in [0, 0.05) is 24.2 Å². The maximum atomic E-state index is 13.5. The van der Waals surface area contributed by atoms with Crippen LogP contribution >= 0.6 is 11.6 Å². The van der Waals surface area contributed by atoms with Gasteiger partial charge in [-0.15, -0.1) is 0 Å². The van der Waals surface area contributed by atoms with Gasteiger partial charge in [0.1, 0.15) is 11.6 Å². The zero-order valence-corrected chi connectivity index (χ0v) is 19.5. The van der Waals surface area contributed by atoms with Crippen LogP contribution in [0.4, 0.5) is 4.39 Å². The van der Waals surface area contributed by atoms with Gasteiger partial charge in [-0.05, 0) is 76.1 Å². The van der Waals surface area contributed by atoms with E-state index in [2.05, 4.69) is 15.6 Å². The number of rotatable bonds is 7. The minimum atomic E-state index is -0.830. The molecule has 1 aliphatic heterocycles. The summed E-state index contributed by atoms with van der Waals surface area (Å²) in [7, 11) is 0. The number of fused-ring (bicyclic) bond motifs is 3. The zero-order valence-electron chi connectivity index (χ0n) is 18.8. The Kier molecular flexibility index (Phi) is 6.96. The summed E-state index contributed by atoms with van der Waals surface area (Å²) in [6.45, 7) is 2.46. The molecule has 1 aromatic rings. The molecule has 1 aromatic carbocycles. The molecule has 2 amide bonds. The molecule has 5 rings (SSSR count). The molecule has 0 spiro atoms. The molecule has 9 heteroatoms. The van der Waals surface area contributed by atoms with E-state index in [1.807, 2.05) is 13.1 Å². The Morgan fingerprint density at radius 1 is 1.33 bits per heavy atom. The Labute approximate surface area is 198 Å². The highest BCUT2D eigenvalue weighted by Crippen LogP contribution is 2.52. The van der Waals surface area contributed by atoms with E-state index in [9.17, 15) is 19.1 Å². The molecule has 180 valence electrons. The number of ether oxygens (including phenoxy) is 1. The van der Waals surface area contributed by atoms with Gasteiger partial charge in [-0.1, -0.05) is 11.6 Å². The maximum absolute atomic E-state index is 13.5. The normalized spacial score (nSPS) is 31.6. The average Bonchev–Trinajstić information content (AvgIpc) is 2.81. The van der Waals surface area contributed by atoms with E-state index in [-0.39, 0.29) is 35.2 Å². The minimum absolute atomic E-state index is 0.000286. The Morgan fingerprint density at radius 2 is 2.09 bits per heavy atom. The van der Waals surface area contributed by atoms with Crippen LogP contribution in [0.2, 0.25) is 5.02 Å². The second-order valence-electron chi connectivity index (χ2n) is 9.72. The molecule has 3 N–H and O–H groups in total. The van der Waals surface area contributed by atoms with Gasteiger partial charge in [-0.25, -0.2) is 4.39 Å². The Morgan fingerprint density at radius 3 is 2.73 bits per heavy atom. The number of aliphatic hydroxyl groups is 1. The van der Waals surface area contributed by atoms with E-state index < -0.39 is 22.9 Å². The summed E-state index contributed by atoms with van der Waals surface area (Å²) in [6.07, 6.45) is 5.60. The van der Waals surface area contributed by atoms with E-state index in [1.54, 1.807) is 0 Å². The summed E-state index contributed by atoms with van der Waals surface area (Å²) in [5.41, 5.74) is -1.37. The van der Waals surface area contributed by atoms with Crippen molar-refractivity contribution in [1.82, 2.24) is 10.6 Å². The summed E-state index contributed by atoms with van der Waals surface area (Å²) >= 11 is 5.66. The average molecular weight is 480 g/mol. The Bertz CT molecular complexity index is 932. The molecule has 3 aliphatic carbocycles. The van der Waals surface area contributed by atoms with Crippen LogP contribution in [0.5, 0.6) is 5.75 Å². The summed E-state index contributed by atoms with van der Waals surface area (Å²) in [4.78, 5) is 30.1. The standard InChI is InChI=1S/C24H31ClFN3O4/c1-15(16-3-2-10-27-13-16)28-22(32)24-8-6-23(7-9-24,12-20(24)30)29-21(31)14-33-17-4-5-18(25)19(26)11-17/h4-5,10-11,15-16,20,30H,2-3,6-9,12-14H2,1H3,(H,28,32)(H,29,31). The topological polar surface area (TPSA) is 100 Å². The van der Waals surface area contributed by atoms with Crippen LogP contribution in [0.25, 0.3) is 0 Å². The van der Waals surface area contributed by atoms with Crippen LogP contribution in [-0.2, 0) is 9.59 Å². The highest BCUT2D eigenvalue weighted by Gasteiger charge is 2.58. The molecule has 4 aliphatic rings. The van der Waals surface area contributed by atoms with Gasteiger partial charge in [-0.2, -0.15) is 0 Å². The number of benzene rings is 1. The first-order valence-corrected chi connectivity index (χ1v) is 12.0. The van der Waals surface area contributed by atoms with Crippen LogP contribution in [-0.4, -0.2) is 54.0 Å². The molecule has 3 saturated carbocycles. The molecule has 3 unspecified atom stereocenters. The van der Waals surface area contributed by atoms with Crippen molar-refractivity contribution in [2.24, 2.45) is 16.3 Å². The summed E-state index contributed by atoms with van der Waals surface area (Å²) < 4.78 is 18.9. The third kappa shape index (κ3) is 5.01. The van der Waals surface area contributed by atoms with Crippen LogP contribution in [0.15, 0.2) is 23.2 Å². The van der Waals surface area contributed by atoms with Gasteiger partial charge < -0.3 is 20.5 Å². The van der Waals surface area contributed by atoms with E-state index >= 15 is 0 Å². The van der Waals surface area contributed by atoms with Crippen molar-refractivity contribution in [2.45, 2.75) is 69.6 Å². The lowest BCUT2D eigenvalue weighted by Crippen LogP contribution is -2.66. The van der Waals surface area contributed by atoms with Crippen molar-refractivity contribution in [3.05, 3.63) is 29.0 Å². The highest BCUT2D eigenvalue weighted by atomic mass is 35.5. The largest absolute Gasteiger partial charge is 0.484 e. The van der Waals surface area contributed by atoms with Crippen molar-refractivity contribution in [3.63, 3.8) is 0 Å². The molecule has 1 heterocycles. The second-order valence-corrected chi connectivity index (χ2v) is 10.1. The molecule has 3 fully saturated rings. The van der Waals surface area contributed by atoms with Crippen LogP contribution in [0.3, 0.4) is 0 Å². The lowest BCUT2D eigenvalue weighted by molar-refractivity contribution is -0.157. The summed E-state index contributed by atoms with van der Waals surface area (Å²) in [5.74, 6) is -0.527. The van der Waals surface area contributed by atoms with Gasteiger partial charge in [-0.3, -0.25) is 14.6 Å². The van der Waals surface area contributed by atoms with Crippen molar-refractivity contribution in [3.8, 4) is 5.75 Å². The van der Waals surface area contributed by atoms with Crippen molar-refractivity contribution >= 4 is 29.6 Å². The van der Waals surface area contributed by atoms with Gasteiger partial charge in [0.15, 0.2) is 6.61 Å². The Hall–Kier alpha value is -2.19. The van der Waals surface area contributed by atoms with Crippen molar-refractivity contribution in [2.75, 3.05) is 13.2 Å². The number of halogens is 2. The molecule has 7 nitrogen and oxygen atoms in total. The van der Waals surface area contributed by atoms with E-state index in [4.69, 9.17) is 16.3 Å². The predicted octanol–water partition coefficient (Wildman–Crippen LogP) is 3.02. The number of hydrogen-bond acceptors (Lipinski definition) is 5. The number of nitrogens with one attached hydrogen (secondary N) is 2. The molecular formula is C24H31ClFN3O4. The fraction of sp³-hybridized carbons (Fsp3) is 0.625. The van der Waals surface area contributed by atoms with Gasteiger partial charge >= 0.3 is 0 Å². The minimum Gasteiger partial charge on any atom is -0.484 e. The predicted molar refractivity (Wildman–Crippen MR) is 123 cm³/mol. The van der Waals surface area contributed by atoms with E-state index in [1.165, 1.54) is 12.1 Å². The molecule has 3 atom stereocenters. The molecule has 33 heavy (non-hydrogen) atoms. The quantitative estimate of drug-likeness (QED) is 0.559. The van der Waals surface area contributed by atoms with E-state index in [0.717, 1.165) is 25.5 Å². The number of nitrogens with zero attached hydrogens (tertiary/aromatic N) is 1. The summed E-state index contributed by atoms with van der Waals surface area (Å²) in [6, 6.07) is 4.00. The number of carbonyl (C=O) groups is 2. The first kappa shape index (κ1) is 24.0. The molecule has 2 bridgehead atoms. The molecule has 0 radical (unpaired) electrons. The van der Waals surface area contributed by atoms with Crippen LogP contribution in [0, 0.1) is 17.2 Å². The monoisotopic (exact) mass is 479 g/mol. The van der Waals surface area contributed by atoms with Gasteiger partial charge in [0.2, 0.25) is 5.91 Å². The maximum Gasteiger partial charge on any atom is 0.258 e. The third-order valence-electron chi connectivity index (χ3n) is 7.64. The zero-order chi connectivity index (χ0) is 23.6. The highest BCUT2D eigenvalue weighted by molar-refractivity contribution is 6.30. The fourth-order valence-electron chi connectivity index (χ4n) is 5.44. The smallest absolute Gasteiger partial charge is 0.258 e. The van der Waals surface area contributed by atoms with Crippen molar-refractivity contribution in [1.29, 1.82) is 0 Å². The SMILES string of the molecule is CC(NC(=O)C12CCC(NC(=O)COc3ccc(Cl)c(F)c3)(CC1)CC2O)C1CCC=NC1. The van der Waals surface area contributed by atoms with Gasteiger partial charge in [0.25, 0.3) is 5.91 Å². The van der Waals surface area contributed by atoms with Crippen LogP contribution in [0.1, 0.15) is 51.9 Å². The number of amides is 2. The second kappa shape index (κ2) is 9.58. The van der Waals surface area contributed by atoms with Gasteiger partial charge in [0.05, 0.1) is 16.5 Å². The number of hydrogen-bond donors (Lipinski definition) is 3. The third-order valence-corrected chi connectivity index (χ3v) is 7.95. The Balaban J connectivity index is 1.31.